The Balaban J connectivity index is 3.27. The van der Waals surface area contributed by atoms with Crippen LogP contribution in [0.1, 0.15) is 17.7 Å². The van der Waals surface area contributed by atoms with Crippen LogP contribution in [0.25, 0.3) is 0 Å². The Morgan fingerprint density at radius 1 is 1.57 bits per heavy atom. The molecule has 0 aliphatic carbocycles. The van der Waals surface area contributed by atoms with E-state index in [1.165, 1.54) is 13.2 Å². The molecule has 1 aromatic heterocycles. The minimum absolute atomic E-state index is 0.0350. The minimum Gasteiger partial charge on any atom is -0.481 e. The Hall–Kier alpha value is -1.30. The molecule has 1 rings (SSSR count). The van der Waals surface area contributed by atoms with Gasteiger partial charge in [-0.25, -0.2) is 18.2 Å². The highest BCUT2D eigenvalue weighted by Crippen LogP contribution is 2.25. The number of alkyl halides is 2. The van der Waals surface area contributed by atoms with Crippen molar-refractivity contribution in [3.8, 4) is 5.88 Å². The standard InChI is InChI=1S/C8H9F3N2O/c1-14-5-2-4(3-12)6(9)7(13-5)8(10)11/h2,8H,3,12H2,1H3. The summed E-state index contributed by atoms with van der Waals surface area (Å²) in [5.41, 5.74) is 4.21. The molecule has 0 radical (unpaired) electrons. The molecule has 78 valence electrons. The van der Waals surface area contributed by atoms with Crippen LogP contribution in [0.5, 0.6) is 5.88 Å². The van der Waals surface area contributed by atoms with E-state index in [-0.39, 0.29) is 18.0 Å². The number of halogens is 3. The maximum Gasteiger partial charge on any atom is 0.283 e. The molecule has 1 aromatic rings. The molecule has 2 N–H and O–H groups in total. The second-order valence-electron chi connectivity index (χ2n) is 2.53. The minimum atomic E-state index is -2.98. The van der Waals surface area contributed by atoms with Gasteiger partial charge in [-0.1, -0.05) is 0 Å². The van der Waals surface area contributed by atoms with E-state index in [9.17, 15) is 13.2 Å². The molecule has 0 spiro atoms. The number of nitrogens with two attached hydrogens (primary N) is 1. The highest BCUT2D eigenvalue weighted by Gasteiger charge is 2.19. The Morgan fingerprint density at radius 3 is 2.64 bits per heavy atom. The lowest BCUT2D eigenvalue weighted by Gasteiger charge is -2.08. The summed E-state index contributed by atoms with van der Waals surface area (Å²) in [7, 11) is 1.26. The van der Waals surface area contributed by atoms with Crippen molar-refractivity contribution in [1.29, 1.82) is 0 Å². The monoisotopic (exact) mass is 206 g/mol. The van der Waals surface area contributed by atoms with Gasteiger partial charge in [0.15, 0.2) is 5.82 Å². The highest BCUT2D eigenvalue weighted by atomic mass is 19.3. The maximum atomic E-state index is 13.2. The zero-order chi connectivity index (χ0) is 10.7. The van der Waals surface area contributed by atoms with Crippen molar-refractivity contribution in [3.63, 3.8) is 0 Å². The van der Waals surface area contributed by atoms with Gasteiger partial charge in [-0.15, -0.1) is 0 Å². The molecule has 3 nitrogen and oxygen atoms in total. The molecule has 0 aromatic carbocycles. The third-order valence-electron chi connectivity index (χ3n) is 1.67. The van der Waals surface area contributed by atoms with E-state index in [0.717, 1.165) is 0 Å². The van der Waals surface area contributed by atoms with Crippen molar-refractivity contribution < 1.29 is 17.9 Å². The Bertz CT molecular complexity index is 331. The summed E-state index contributed by atoms with van der Waals surface area (Å²) in [5.74, 6) is -1.13. The van der Waals surface area contributed by atoms with Gasteiger partial charge in [-0.3, -0.25) is 0 Å². The van der Waals surface area contributed by atoms with E-state index in [2.05, 4.69) is 9.72 Å². The van der Waals surface area contributed by atoms with Crippen LogP contribution in [0, 0.1) is 5.82 Å². The number of hydrogen-bond acceptors (Lipinski definition) is 3. The molecule has 0 unspecified atom stereocenters. The molecule has 0 fully saturated rings. The van der Waals surface area contributed by atoms with Crippen molar-refractivity contribution in [3.05, 3.63) is 23.1 Å². The lowest BCUT2D eigenvalue weighted by atomic mass is 10.2. The molecule has 0 saturated carbocycles. The number of pyridine rings is 1. The number of nitrogens with zero attached hydrogens (tertiary/aromatic N) is 1. The number of methoxy groups -OCH3 is 1. The largest absolute Gasteiger partial charge is 0.481 e. The van der Waals surface area contributed by atoms with Crippen molar-refractivity contribution in [2.75, 3.05) is 7.11 Å². The van der Waals surface area contributed by atoms with E-state index < -0.39 is 17.9 Å². The molecule has 0 aliphatic rings. The summed E-state index contributed by atoms with van der Waals surface area (Å²) in [5, 5.41) is 0. The van der Waals surface area contributed by atoms with Crippen molar-refractivity contribution >= 4 is 0 Å². The van der Waals surface area contributed by atoms with Crippen LogP contribution >= 0.6 is 0 Å². The molecule has 14 heavy (non-hydrogen) atoms. The molecular formula is C8H9F3N2O. The van der Waals surface area contributed by atoms with Gasteiger partial charge < -0.3 is 10.5 Å². The van der Waals surface area contributed by atoms with Crippen molar-refractivity contribution in [2.45, 2.75) is 13.0 Å². The fraction of sp³-hybridized carbons (Fsp3) is 0.375. The first-order chi connectivity index (χ1) is 6.60. The van der Waals surface area contributed by atoms with E-state index in [0.29, 0.717) is 0 Å². The topological polar surface area (TPSA) is 48.1 Å². The second-order valence-corrected chi connectivity index (χ2v) is 2.53. The molecule has 6 heteroatoms. The SMILES string of the molecule is COc1cc(CN)c(F)c(C(F)F)n1. The van der Waals surface area contributed by atoms with Gasteiger partial charge in [0, 0.05) is 18.2 Å². The molecule has 0 atom stereocenters. The molecule has 1 heterocycles. The van der Waals surface area contributed by atoms with E-state index in [1.807, 2.05) is 0 Å². The third kappa shape index (κ3) is 1.95. The fourth-order valence-electron chi connectivity index (χ4n) is 0.975. The van der Waals surface area contributed by atoms with Crippen molar-refractivity contribution in [2.24, 2.45) is 5.73 Å². The smallest absolute Gasteiger partial charge is 0.283 e. The highest BCUT2D eigenvalue weighted by molar-refractivity contribution is 5.27. The van der Waals surface area contributed by atoms with Crippen LogP contribution in [0.2, 0.25) is 0 Å². The van der Waals surface area contributed by atoms with Gasteiger partial charge in [0.1, 0.15) is 5.69 Å². The van der Waals surface area contributed by atoms with E-state index in [4.69, 9.17) is 5.73 Å². The number of aromatic nitrogens is 1. The summed E-state index contributed by atoms with van der Waals surface area (Å²) in [6.07, 6.45) is -2.98. The zero-order valence-corrected chi connectivity index (χ0v) is 7.43. The van der Waals surface area contributed by atoms with Crippen LogP contribution < -0.4 is 10.5 Å². The lowest BCUT2D eigenvalue weighted by molar-refractivity contribution is 0.139. The first kappa shape index (κ1) is 10.8. The summed E-state index contributed by atoms with van der Waals surface area (Å²) < 4.78 is 42.3. The van der Waals surface area contributed by atoms with Gasteiger partial charge in [0.2, 0.25) is 5.88 Å². The fourth-order valence-corrected chi connectivity index (χ4v) is 0.975. The normalized spacial score (nSPS) is 10.7. The molecule has 0 bridgehead atoms. The van der Waals surface area contributed by atoms with Crippen LogP contribution in [-0.4, -0.2) is 12.1 Å². The summed E-state index contributed by atoms with van der Waals surface area (Å²) in [6.45, 7) is -0.176. The van der Waals surface area contributed by atoms with Gasteiger partial charge in [-0.2, -0.15) is 0 Å². The second kappa shape index (κ2) is 4.28. The number of hydrogen-bond donors (Lipinski definition) is 1. The van der Waals surface area contributed by atoms with Crippen molar-refractivity contribution in [1.82, 2.24) is 4.98 Å². The summed E-state index contributed by atoms with van der Waals surface area (Å²) >= 11 is 0. The first-order valence-corrected chi connectivity index (χ1v) is 3.81. The first-order valence-electron chi connectivity index (χ1n) is 3.81. The van der Waals surface area contributed by atoms with Crippen LogP contribution in [0.4, 0.5) is 13.2 Å². The quantitative estimate of drug-likeness (QED) is 0.817. The van der Waals surface area contributed by atoms with Crippen LogP contribution in [-0.2, 0) is 6.54 Å². The Kier molecular flexibility index (Phi) is 3.29. The van der Waals surface area contributed by atoms with Gasteiger partial charge in [0.05, 0.1) is 7.11 Å². The average molecular weight is 206 g/mol. The Labute approximate surface area is 78.7 Å². The average Bonchev–Trinajstić information content (AvgIpc) is 2.17. The predicted molar refractivity (Wildman–Crippen MR) is 43.6 cm³/mol. The number of rotatable bonds is 3. The lowest BCUT2D eigenvalue weighted by Crippen LogP contribution is -2.07. The van der Waals surface area contributed by atoms with E-state index >= 15 is 0 Å². The zero-order valence-electron chi connectivity index (χ0n) is 7.43. The molecule has 0 saturated heterocycles. The van der Waals surface area contributed by atoms with E-state index in [1.54, 1.807) is 0 Å². The molecule has 0 aliphatic heterocycles. The summed E-state index contributed by atoms with van der Waals surface area (Å²) in [6, 6.07) is 1.20. The van der Waals surface area contributed by atoms with Crippen LogP contribution in [0.15, 0.2) is 6.07 Å². The molecule has 0 amide bonds. The van der Waals surface area contributed by atoms with Gasteiger partial charge >= 0.3 is 0 Å². The maximum absolute atomic E-state index is 13.2. The van der Waals surface area contributed by atoms with Gasteiger partial charge in [0.25, 0.3) is 6.43 Å². The Morgan fingerprint density at radius 2 is 2.21 bits per heavy atom. The predicted octanol–water partition coefficient (Wildman–Crippen LogP) is 1.63. The summed E-state index contributed by atoms with van der Waals surface area (Å²) in [4.78, 5) is 3.30. The molecular weight excluding hydrogens is 197 g/mol. The number of ether oxygens (including phenoxy) is 1. The third-order valence-corrected chi connectivity index (χ3v) is 1.67. The van der Waals surface area contributed by atoms with Crippen LogP contribution in [0.3, 0.4) is 0 Å². The van der Waals surface area contributed by atoms with Gasteiger partial charge in [-0.05, 0) is 0 Å².